The third kappa shape index (κ3) is 4.08. The lowest BCUT2D eigenvalue weighted by atomic mass is 10.1. The van der Waals surface area contributed by atoms with Gasteiger partial charge in [-0.3, -0.25) is 0 Å². The zero-order valence-corrected chi connectivity index (χ0v) is 12.4. The normalized spacial score (nSPS) is 10.6. The highest BCUT2D eigenvalue weighted by Crippen LogP contribution is 2.24. The molecular weight excluding hydrogens is 254 g/mol. The van der Waals surface area contributed by atoms with Crippen molar-refractivity contribution in [1.82, 2.24) is 5.32 Å². The Morgan fingerprint density at radius 3 is 2.89 bits per heavy atom. The molecule has 0 saturated heterocycles. The Bertz CT molecular complexity index is 493. The molecule has 0 saturated carbocycles. The Balaban J connectivity index is 2.04. The maximum absolute atomic E-state index is 6.01. The van der Waals surface area contributed by atoms with Crippen molar-refractivity contribution >= 4 is 11.3 Å². The SMILES string of the molecule is CCCNCc1cccc(C)c1OCc1ccsc1. The molecule has 0 unspecified atom stereocenters. The molecule has 1 N–H and O–H groups in total. The summed E-state index contributed by atoms with van der Waals surface area (Å²) < 4.78 is 6.01. The van der Waals surface area contributed by atoms with Gasteiger partial charge in [-0.05, 0) is 47.8 Å². The summed E-state index contributed by atoms with van der Waals surface area (Å²) in [5, 5.41) is 7.65. The highest BCUT2D eigenvalue weighted by Gasteiger charge is 2.07. The number of para-hydroxylation sites is 1. The number of thiophene rings is 1. The molecule has 0 atom stereocenters. The van der Waals surface area contributed by atoms with Crippen LogP contribution in [-0.4, -0.2) is 6.54 Å². The van der Waals surface area contributed by atoms with Crippen LogP contribution in [0.1, 0.15) is 30.0 Å². The van der Waals surface area contributed by atoms with Crippen LogP contribution in [0.3, 0.4) is 0 Å². The second-order valence-electron chi connectivity index (χ2n) is 4.66. The van der Waals surface area contributed by atoms with Crippen LogP contribution in [0.2, 0.25) is 0 Å². The fourth-order valence-corrected chi connectivity index (χ4v) is 2.64. The lowest BCUT2D eigenvalue weighted by Gasteiger charge is -2.14. The van der Waals surface area contributed by atoms with Gasteiger partial charge < -0.3 is 10.1 Å². The molecule has 2 nitrogen and oxygen atoms in total. The highest BCUT2D eigenvalue weighted by atomic mass is 32.1. The molecule has 0 bridgehead atoms. The molecule has 2 aromatic rings. The van der Waals surface area contributed by atoms with Crippen molar-refractivity contribution in [2.45, 2.75) is 33.4 Å². The minimum absolute atomic E-state index is 0.648. The number of hydrogen-bond donors (Lipinski definition) is 1. The highest BCUT2D eigenvalue weighted by molar-refractivity contribution is 7.07. The number of hydrogen-bond acceptors (Lipinski definition) is 3. The molecule has 19 heavy (non-hydrogen) atoms. The fraction of sp³-hybridized carbons (Fsp3) is 0.375. The van der Waals surface area contributed by atoms with Gasteiger partial charge in [-0.25, -0.2) is 0 Å². The molecule has 2 rings (SSSR count). The Morgan fingerprint density at radius 1 is 1.26 bits per heavy atom. The van der Waals surface area contributed by atoms with Gasteiger partial charge in [-0.15, -0.1) is 0 Å². The van der Waals surface area contributed by atoms with E-state index >= 15 is 0 Å². The molecule has 0 aliphatic rings. The molecular formula is C16H21NOS. The topological polar surface area (TPSA) is 21.3 Å². The molecule has 102 valence electrons. The molecule has 0 amide bonds. The smallest absolute Gasteiger partial charge is 0.127 e. The summed E-state index contributed by atoms with van der Waals surface area (Å²) in [4.78, 5) is 0. The minimum atomic E-state index is 0.648. The predicted molar refractivity (Wildman–Crippen MR) is 81.8 cm³/mol. The summed E-state index contributed by atoms with van der Waals surface area (Å²) >= 11 is 1.71. The lowest BCUT2D eigenvalue weighted by Crippen LogP contribution is -2.15. The molecule has 1 aromatic carbocycles. The van der Waals surface area contributed by atoms with Gasteiger partial charge in [-0.1, -0.05) is 25.1 Å². The van der Waals surface area contributed by atoms with Gasteiger partial charge in [0, 0.05) is 12.1 Å². The van der Waals surface area contributed by atoms with E-state index in [0.29, 0.717) is 6.61 Å². The molecule has 0 aliphatic carbocycles. The van der Waals surface area contributed by atoms with Gasteiger partial charge in [0.05, 0.1) is 0 Å². The van der Waals surface area contributed by atoms with E-state index in [1.54, 1.807) is 11.3 Å². The number of nitrogens with one attached hydrogen (secondary N) is 1. The van der Waals surface area contributed by atoms with E-state index in [1.807, 2.05) is 0 Å². The number of ether oxygens (including phenoxy) is 1. The summed E-state index contributed by atoms with van der Waals surface area (Å²) in [6.07, 6.45) is 1.15. The van der Waals surface area contributed by atoms with Crippen LogP contribution in [0.5, 0.6) is 5.75 Å². The van der Waals surface area contributed by atoms with Gasteiger partial charge in [0.2, 0.25) is 0 Å². The molecule has 0 aliphatic heterocycles. The summed E-state index contributed by atoms with van der Waals surface area (Å²) in [6.45, 7) is 6.84. The zero-order valence-electron chi connectivity index (χ0n) is 11.6. The lowest BCUT2D eigenvalue weighted by molar-refractivity contribution is 0.300. The Hall–Kier alpha value is -1.32. The summed E-state index contributed by atoms with van der Waals surface area (Å²) in [5.41, 5.74) is 3.68. The molecule has 3 heteroatoms. The minimum Gasteiger partial charge on any atom is -0.488 e. The van der Waals surface area contributed by atoms with Crippen molar-refractivity contribution in [2.24, 2.45) is 0 Å². The quantitative estimate of drug-likeness (QED) is 0.767. The average Bonchev–Trinajstić information content (AvgIpc) is 2.91. The van der Waals surface area contributed by atoms with E-state index in [0.717, 1.165) is 25.3 Å². The van der Waals surface area contributed by atoms with Gasteiger partial charge in [-0.2, -0.15) is 11.3 Å². The van der Waals surface area contributed by atoms with Crippen LogP contribution >= 0.6 is 11.3 Å². The standard InChI is InChI=1S/C16H21NOS/c1-3-8-17-10-15-6-4-5-13(2)16(15)18-11-14-7-9-19-12-14/h4-7,9,12,17H,3,8,10-11H2,1-2H3. The maximum atomic E-state index is 6.01. The molecule has 0 radical (unpaired) electrons. The number of rotatable bonds is 7. The second-order valence-corrected chi connectivity index (χ2v) is 5.44. The largest absolute Gasteiger partial charge is 0.488 e. The van der Waals surface area contributed by atoms with Crippen molar-refractivity contribution in [3.05, 3.63) is 51.7 Å². The molecule has 0 fully saturated rings. The van der Waals surface area contributed by atoms with Crippen LogP contribution in [0.15, 0.2) is 35.0 Å². The van der Waals surface area contributed by atoms with E-state index in [9.17, 15) is 0 Å². The van der Waals surface area contributed by atoms with Crippen molar-refractivity contribution in [2.75, 3.05) is 6.54 Å². The molecule has 0 spiro atoms. The van der Waals surface area contributed by atoms with Crippen LogP contribution < -0.4 is 10.1 Å². The van der Waals surface area contributed by atoms with E-state index < -0.39 is 0 Å². The summed E-state index contributed by atoms with van der Waals surface area (Å²) in [5.74, 6) is 1.03. The molecule has 1 aromatic heterocycles. The van der Waals surface area contributed by atoms with E-state index in [-0.39, 0.29) is 0 Å². The monoisotopic (exact) mass is 275 g/mol. The van der Waals surface area contributed by atoms with Crippen molar-refractivity contribution < 1.29 is 4.74 Å². The molecule has 1 heterocycles. The average molecular weight is 275 g/mol. The van der Waals surface area contributed by atoms with E-state index in [2.05, 4.69) is 54.2 Å². The van der Waals surface area contributed by atoms with Gasteiger partial charge in [0.15, 0.2) is 0 Å². The Kier molecular flexibility index (Phi) is 5.43. The third-order valence-electron chi connectivity index (χ3n) is 3.00. The van der Waals surface area contributed by atoms with Gasteiger partial charge in [0.1, 0.15) is 12.4 Å². The van der Waals surface area contributed by atoms with Crippen LogP contribution in [0, 0.1) is 6.92 Å². The number of benzene rings is 1. The third-order valence-corrected chi connectivity index (χ3v) is 3.73. The van der Waals surface area contributed by atoms with Crippen LogP contribution in [0.25, 0.3) is 0 Å². The van der Waals surface area contributed by atoms with E-state index in [1.165, 1.54) is 16.7 Å². The fourth-order valence-electron chi connectivity index (χ4n) is 1.99. The first-order valence-electron chi connectivity index (χ1n) is 6.74. The van der Waals surface area contributed by atoms with Gasteiger partial charge in [0.25, 0.3) is 0 Å². The van der Waals surface area contributed by atoms with Gasteiger partial charge >= 0.3 is 0 Å². The first-order chi connectivity index (χ1) is 9.31. The summed E-state index contributed by atoms with van der Waals surface area (Å²) in [7, 11) is 0. The van der Waals surface area contributed by atoms with Crippen molar-refractivity contribution in [1.29, 1.82) is 0 Å². The Morgan fingerprint density at radius 2 is 2.16 bits per heavy atom. The van der Waals surface area contributed by atoms with Crippen molar-refractivity contribution in [3.63, 3.8) is 0 Å². The zero-order chi connectivity index (χ0) is 13.5. The van der Waals surface area contributed by atoms with E-state index in [4.69, 9.17) is 4.74 Å². The maximum Gasteiger partial charge on any atom is 0.127 e. The summed E-state index contributed by atoms with van der Waals surface area (Å²) in [6, 6.07) is 8.44. The first kappa shape index (κ1) is 14.1. The predicted octanol–water partition coefficient (Wildman–Crippen LogP) is 4.14. The van der Waals surface area contributed by atoms with Crippen molar-refractivity contribution in [3.8, 4) is 5.75 Å². The second kappa shape index (κ2) is 7.31. The Labute approximate surface area is 119 Å². The first-order valence-corrected chi connectivity index (χ1v) is 7.68. The van der Waals surface area contributed by atoms with Crippen LogP contribution in [-0.2, 0) is 13.2 Å². The van der Waals surface area contributed by atoms with Crippen LogP contribution in [0.4, 0.5) is 0 Å². The number of aryl methyl sites for hydroxylation is 1.